The molecule has 0 bridgehead atoms. The molecule has 1 aliphatic carbocycles. The Morgan fingerprint density at radius 1 is 1.29 bits per heavy atom. The summed E-state index contributed by atoms with van der Waals surface area (Å²) in [5.41, 5.74) is 1.54. The van der Waals surface area contributed by atoms with Crippen LogP contribution >= 0.6 is 24.0 Å². The van der Waals surface area contributed by atoms with Gasteiger partial charge in [-0.2, -0.15) is 0 Å². The number of ether oxygens (including phenoxy) is 2. The van der Waals surface area contributed by atoms with E-state index in [1.165, 1.54) is 44.2 Å². The van der Waals surface area contributed by atoms with Gasteiger partial charge in [-0.25, -0.2) is 4.39 Å². The van der Waals surface area contributed by atoms with Gasteiger partial charge in [0, 0.05) is 30.8 Å². The first-order valence-electron chi connectivity index (χ1n) is 8.25. The van der Waals surface area contributed by atoms with Crippen molar-refractivity contribution in [1.29, 1.82) is 0 Å². The van der Waals surface area contributed by atoms with Gasteiger partial charge < -0.3 is 20.1 Å². The fourth-order valence-electron chi connectivity index (χ4n) is 3.20. The number of guanidine groups is 1. The Labute approximate surface area is 159 Å². The molecule has 2 aliphatic rings. The summed E-state index contributed by atoms with van der Waals surface area (Å²) in [4.78, 5) is 4.27. The van der Waals surface area contributed by atoms with Crippen LogP contribution in [0.1, 0.15) is 43.2 Å². The molecule has 134 valence electrons. The van der Waals surface area contributed by atoms with Crippen molar-refractivity contribution >= 4 is 29.9 Å². The number of benzene rings is 1. The van der Waals surface area contributed by atoms with E-state index in [0.717, 1.165) is 22.8 Å². The Balaban J connectivity index is 0.00000208. The van der Waals surface area contributed by atoms with Crippen molar-refractivity contribution in [2.45, 2.75) is 51.3 Å². The van der Waals surface area contributed by atoms with E-state index in [4.69, 9.17) is 9.47 Å². The quantitative estimate of drug-likeness (QED) is 0.423. The molecular weight excluding hydrogens is 424 g/mol. The monoisotopic (exact) mass is 449 g/mol. The minimum atomic E-state index is -0.273. The topological polar surface area (TPSA) is 54.9 Å². The van der Waals surface area contributed by atoms with E-state index >= 15 is 0 Å². The number of fused-ring (bicyclic) bond motifs is 1. The zero-order valence-corrected chi connectivity index (χ0v) is 16.3. The van der Waals surface area contributed by atoms with Crippen LogP contribution in [0.15, 0.2) is 17.1 Å². The third-order valence-electron chi connectivity index (χ3n) is 4.37. The first-order valence-corrected chi connectivity index (χ1v) is 8.25. The number of hydrogen-bond donors (Lipinski definition) is 2. The lowest BCUT2D eigenvalue weighted by atomic mass is 9.96. The molecule has 0 saturated heterocycles. The Morgan fingerprint density at radius 2 is 2.08 bits per heavy atom. The van der Waals surface area contributed by atoms with Crippen LogP contribution < -0.4 is 15.4 Å². The maximum absolute atomic E-state index is 13.7. The summed E-state index contributed by atoms with van der Waals surface area (Å²) >= 11 is 0. The fourth-order valence-corrected chi connectivity index (χ4v) is 3.20. The number of halogens is 2. The smallest absolute Gasteiger partial charge is 0.191 e. The van der Waals surface area contributed by atoms with Gasteiger partial charge in [-0.15, -0.1) is 24.0 Å². The van der Waals surface area contributed by atoms with Crippen LogP contribution in [0.25, 0.3) is 0 Å². The molecule has 0 spiro atoms. The minimum absolute atomic E-state index is 0. The summed E-state index contributed by atoms with van der Waals surface area (Å²) in [6.07, 6.45) is 6.20. The minimum Gasteiger partial charge on any atom is -0.467 e. The fraction of sp³-hybridized carbons (Fsp3) is 0.588. The highest BCUT2D eigenvalue weighted by Gasteiger charge is 2.18. The van der Waals surface area contributed by atoms with Crippen molar-refractivity contribution in [3.05, 3.63) is 29.1 Å². The zero-order chi connectivity index (χ0) is 16.1. The average molecular weight is 449 g/mol. The molecule has 1 heterocycles. The van der Waals surface area contributed by atoms with Crippen LogP contribution in [0.3, 0.4) is 0 Å². The maximum atomic E-state index is 13.7. The predicted molar refractivity (Wildman–Crippen MR) is 102 cm³/mol. The maximum Gasteiger partial charge on any atom is 0.191 e. The standard InChI is InChI=1S/C17H24FN3O2.HI/c1-19-17(21-15-5-3-2-4-6-15)20-9-12-7-14(18)8-13-10-22-11-23-16(12)13;/h7-8,15H,2-6,9-11H2,1H3,(H2,19,20,21);1H. The second-order valence-corrected chi connectivity index (χ2v) is 6.07. The second kappa shape index (κ2) is 9.41. The summed E-state index contributed by atoms with van der Waals surface area (Å²) in [5, 5.41) is 6.71. The van der Waals surface area contributed by atoms with Gasteiger partial charge >= 0.3 is 0 Å². The van der Waals surface area contributed by atoms with E-state index in [1.54, 1.807) is 7.05 Å². The van der Waals surface area contributed by atoms with E-state index < -0.39 is 0 Å². The Hall–Kier alpha value is -1.09. The van der Waals surface area contributed by atoms with Crippen LogP contribution in [0.2, 0.25) is 0 Å². The van der Waals surface area contributed by atoms with Crippen molar-refractivity contribution in [3.63, 3.8) is 0 Å². The van der Waals surface area contributed by atoms with Crippen LogP contribution in [0.4, 0.5) is 4.39 Å². The summed E-state index contributed by atoms with van der Waals surface area (Å²) in [6, 6.07) is 3.44. The van der Waals surface area contributed by atoms with Gasteiger partial charge in [0.15, 0.2) is 12.8 Å². The Kier molecular flexibility index (Phi) is 7.54. The van der Waals surface area contributed by atoms with Crippen LogP contribution in [0.5, 0.6) is 5.75 Å². The van der Waals surface area contributed by atoms with Crippen LogP contribution in [0, 0.1) is 5.82 Å². The van der Waals surface area contributed by atoms with Crippen LogP contribution in [-0.2, 0) is 17.9 Å². The molecule has 1 aliphatic heterocycles. The SMILES string of the molecule is CN=C(NCc1cc(F)cc2c1OCOC2)NC1CCCCC1.I. The molecule has 24 heavy (non-hydrogen) atoms. The first-order chi connectivity index (χ1) is 11.3. The molecule has 0 amide bonds. The number of rotatable bonds is 3. The highest BCUT2D eigenvalue weighted by molar-refractivity contribution is 14.0. The van der Waals surface area contributed by atoms with E-state index in [1.807, 2.05) is 0 Å². The molecule has 1 saturated carbocycles. The number of nitrogens with one attached hydrogen (secondary N) is 2. The third kappa shape index (κ3) is 4.95. The molecule has 1 aromatic rings. The van der Waals surface area contributed by atoms with Crippen molar-refractivity contribution in [2.75, 3.05) is 13.8 Å². The number of nitrogens with zero attached hydrogens (tertiary/aromatic N) is 1. The lowest BCUT2D eigenvalue weighted by Crippen LogP contribution is -2.43. The van der Waals surface area contributed by atoms with Crippen molar-refractivity contribution < 1.29 is 13.9 Å². The molecule has 5 nitrogen and oxygen atoms in total. The van der Waals surface area contributed by atoms with Gasteiger partial charge in [-0.1, -0.05) is 19.3 Å². The van der Waals surface area contributed by atoms with Gasteiger partial charge in [-0.3, -0.25) is 4.99 Å². The Bertz CT molecular complexity index is 577. The summed E-state index contributed by atoms with van der Waals surface area (Å²) in [5.74, 6) is 1.20. The molecule has 0 aromatic heterocycles. The van der Waals surface area contributed by atoms with Gasteiger partial charge in [-0.05, 0) is 25.0 Å². The zero-order valence-electron chi connectivity index (χ0n) is 13.9. The third-order valence-corrected chi connectivity index (χ3v) is 4.37. The predicted octanol–water partition coefficient (Wildman–Crippen LogP) is 3.31. The van der Waals surface area contributed by atoms with E-state index in [2.05, 4.69) is 15.6 Å². The molecule has 1 aromatic carbocycles. The van der Waals surface area contributed by atoms with Gasteiger partial charge in [0.2, 0.25) is 0 Å². The Morgan fingerprint density at radius 3 is 2.83 bits per heavy atom. The molecule has 0 radical (unpaired) electrons. The highest BCUT2D eigenvalue weighted by Crippen LogP contribution is 2.29. The van der Waals surface area contributed by atoms with E-state index in [0.29, 0.717) is 19.2 Å². The number of aliphatic imine (C=N–C) groups is 1. The second-order valence-electron chi connectivity index (χ2n) is 6.07. The normalized spacial score (nSPS) is 18.2. The number of hydrogen-bond acceptors (Lipinski definition) is 3. The molecule has 0 atom stereocenters. The highest BCUT2D eigenvalue weighted by atomic mass is 127. The van der Waals surface area contributed by atoms with Crippen LogP contribution in [-0.4, -0.2) is 25.8 Å². The van der Waals surface area contributed by atoms with Crippen molar-refractivity contribution in [3.8, 4) is 5.75 Å². The molecule has 0 unspecified atom stereocenters. The average Bonchev–Trinajstić information content (AvgIpc) is 2.59. The van der Waals surface area contributed by atoms with Crippen molar-refractivity contribution in [1.82, 2.24) is 10.6 Å². The van der Waals surface area contributed by atoms with Gasteiger partial charge in [0.1, 0.15) is 11.6 Å². The first kappa shape index (κ1) is 19.2. The van der Waals surface area contributed by atoms with Crippen molar-refractivity contribution in [2.24, 2.45) is 4.99 Å². The molecule has 1 fully saturated rings. The lowest BCUT2D eigenvalue weighted by molar-refractivity contribution is -0.0172. The molecule has 2 N–H and O–H groups in total. The van der Waals surface area contributed by atoms with E-state index in [9.17, 15) is 4.39 Å². The summed E-state index contributed by atoms with van der Waals surface area (Å²) in [6.45, 7) is 1.06. The summed E-state index contributed by atoms with van der Waals surface area (Å²) in [7, 11) is 1.75. The van der Waals surface area contributed by atoms with Gasteiger partial charge in [0.25, 0.3) is 0 Å². The molecule has 3 rings (SSSR count). The largest absolute Gasteiger partial charge is 0.467 e. The van der Waals surface area contributed by atoms with Gasteiger partial charge in [0.05, 0.1) is 6.61 Å². The molecular formula is C17H25FIN3O2. The lowest BCUT2D eigenvalue weighted by Gasteiger charge is -2.25. The summed E-state index contributed by atoms with van der Waals surface area (Å²) < 4.78 is 24.5. The van der Waals surface area contributed by atoms with E-state index in [-0.39, 0.29) is 36.6 Å². The molecule has 7 heteroatoms.